The van der Waals surface area contributed by atoms with E-state index in [9.17, 15) is 9.59 Å². The van der Waals surface area contributed by atoms with E-state index in [1.54, 1.807) is 32.3 Å². The molecule has 136 valence electrons. The van der Waals surface area contributed by atoms with Crippen molar-refractivity contribution >= 4 is 11.8 Å². The summed E-state index contributed by atoms with van der Waals surface area (Å²) in [5, 5.41) is 0. The van der Waals surface area contributed by atoms with E-state index in [2.05, 4.69) is 30.7 Å². The van der Waals surface area contributed by atoms with Gasteiger partial charge in [0, 0.05) is 41.4 Å². The van der Waals surface area contributed by atoms with Crippen molar-refractivity contribution in [1.82, 2.24) is 9.97 Å². The molecule has 0 aromatic carbocycles. The van der Waals surface area contributed by atoms with Crippen LogP contribution in [0.2, 0.25) is 0 Å². The Morgan fingerprint density at radius 3 is 2.69 bits per heavy atom. The van der Waals surface area contributed by atoms with Gasteiger partial charge in [0.25, 0.3) is 0 Å². The lowest BCUT2D eigenvalue weighted by Crippen LogP contribution is -2.33. The molecule has 1 aliphatic carbocycles. The highest BCUT2D eigenvalue weighted by molar-refractivity contribution is 6.10. The molecule has 2 heterocycles. The highest BCUT2D eigenvalue weighted by atomic mass is 16.5. The fraction of sp³-hybridized carbons (Fsp3) is 0.429. The Morgan fingerprint density at radius 1 is 1.35 bits per heavy atom. The minimum Gasteiger partial charge on any atom is -0.462 e. The summed E-state index contributed by atoms with van der Waals surface area (Å²) >= 11 is 0. The number of esters is 1. The molecule has 2 aromatic heterocycles. The number of pyridine rings is 2. The zero-order valence-corrected chi connectivity index (χ0v) is 15.9. The lowest BCUT2D eigenvalue weighted by Gasteiger charge is -2.37. The monoisotopic (exact) mass is 352 g/mol. The quantitative estimate of drug-likeness (QED) is 0.768. The Hall–Kier alpha value is -2.56. The molecule has 5 heteroatoms. The van der Waals surface area contributed by atoms with Gasteiger partial charge in [-0.3, -0.25) is 14.8 Å². The standard InChI is InChI=1S/C21H24N2O3/c1-6-26-20(25)16-13(3)23-19-12(2)21(4,5)10-15(24)18(19)17(16)14-8-7-9-22-11-14/h7-9,11-12H,6,10H2,1-5H3/t12-/m0/s1. The van der Waals surface area contributed by atoms with E-state index >= 15 is 0 Å². The minimum atomic E-state index is -0.454. The van der Waals surface area contributed by atoms with Crippen LogP contribution in [0.25, 0.3) is 11.1 Å². The largest absolute Gasteiger partial charge is 0.462 e. The number of ether oxygens (including phenoxy) is 1. The van der Waals surface area contributed by atoms with Gasteiger partial charge in [0.05, 0.1) is 23.6 Å². The van der Waals surface area contributed by atoms with Crippen molar-refractivity contribution in [3.63, 3.8) is 0 Å². The van der Waals surface area contributed by atoms with Crippen molar-refractivity contribution in [2.45, 2.75) is 47.0 Å². The highest BCUT2D eigenvalue weighted by Crippen LogP contribution is 2.47. The molecule has 0 N–H and O–H groups in total. The number of Topliss-reactive ketones (excluding diaryl/α,β-unsaturated/α-hetero) is 1. The van der Waals surface area contributed by atoms with Crippen LogP contribution in [0.15, 0.2) is 24.5 Å². The second-order valence-electron chi connectivity index (χ2n) is 7.48. The Morgan fingerprint density at radius 2 is 2.08 bits per heavy atom. The van der Waals surface area contributed by atoms with Gasteiger partial charge in [-0.2, -0.15) is 0 Å². The topological polar surface area (TPSA) is 69.2 Å². The summed E-state index contributed by atoms with van der Waals surface area (Å²) in [5.41, 5.74) is 3.40. The number of hydrogen-bond acceptors (Lipinski definition) is 5. The van der Waals surface area contributed by atoms with Gasteiger partial charge < -0.3 is 4.74 Å². The lowest BCUT2D eigenvalue weighted by atomic mass is 9.67. The van der Waals surface area contributed by atoms with Gasteiger partial charge in [-0.25, -0.2) is 4.79 Å². The van der Waals surface area contributed by atoms with E-state index in [0.717, 1.165) is 11.3 Å². The first-order chi connectivity index (χ1) is 12.3. The maximum Gasteiger partial charge on any atom is 0.340 e. The number of rotatable bonds is 3. The first kappa shape index (κ1) is 18.2. The van der Waals surface area contributed by atoms with E-state index in [1.165, 1.54) is 0 Å². The van der Waals surface area contributed by atoms with Gasteiger partial charge in [0.15, 0.2) is 5.78 Å². The number of fused-ring (bicyclic) bond motifs is 1. The maximum atomic E-state index is 13.1. The smallest absolute Gasteiger partial charge is 0.340 e. The van der Waals surface area contributed by atoms with Crippen molar-refractivity contribution < 1.29 is 14.3 Å². The van der Waals surface area contributed by atoms with Crippen molar-refractivity contribution in [3.05, 3.63) is 47.0 Å². The molecule has 0 bridgehead atoms. The zero-order chi connectivity index (χ0) is 19.1. The molecule has 1 atom stereocenters. The maximum absolute atomic E-state index is 13.1. The summed E-state index contributed by atoms with van der Waals surface area (Å²) < 4.78 is 5.25. The zero-order valence-electron chi connectivity index (χ0n) is 15.9. The third kappa shape index (κ3) is 2.91. The Kier molecular flexibility index (Phi) is 4.65. The Labute approximate surface area is 153 Å². The Bertz CT molecular complexity index is 873. The Balaban J connectivity index is 2.38. The molecule has 0 amide bonds. The molecular weight excluding hydrogens is 328 g/mol. The number of aryl methyl sites for hydroxylation is 1. The fourth-order valence-electron chi connectivity index (χ4n) is 3.60. The molecule has 0 unspecified atom stereocenters. The number of nitrogens with zero attached hydrogens (tertiary/aromatic N) is 2. The van der Waals surface area contributed by atoms with E-state index in [1.807, 2.05) is 6.07 Å². The summed E-state index contributed by atoms with van der Waals surface area (Å²) in [6.45, 7) is 10.1. The van der Waals surface area contributed by atoms with E-state index in [-0.39, 0.29) is 23.7 Å². The molecule has 0 saturated heterocycles. The predicted molar refractivity (Wildman–Crippen MR) is 99.3 cm³/mol. The van der Waals surface area contributed by atoms with Gasteiger partial charge in [0.2, 0.25) is 0 Å². The van der Waals surface area contributed by atoms with Crippen molar-refractivity contribution in [3.8, 4) is 11.1 Å². The molecule has 2 aromatic rings. The fourth-order valence-corrected chi connectivity index (χ4v) is 3.60. The first-order valence-electron chi connectivity index (χ1n) is 8.93. The van der Waals surface area contributed by atoms with Crippen molar-refractivity contribution in [1.29, 1.82) is 0 Å². The number of aromatic nitrogens is 2. The minimum absolute atomic E-state index is 0.0139. The average Bonchev–Trinajstić information content (AvgIpc) is 2.59. The highest BCUT2D eigenvalue weighted by Gasteiger charge is 2.41. The van der Waals surface area contributed by atoms with Gasteiger partial charge >= 0.3 is 5.97 Å². The van der Waals surface area contributed by atoms with Gasteiger partial charge in [-0.15, -0.1) is 0 Å². The van der Waals surface area contributed by atoms with Gasteiger partial charge in [-0.1, -0.05) is 26.8 Å². The van der Waals surface area contributed by atoms with Crippen LogP contribution in [0.3, 0.4) is 0 Å². The second-order valence-corrected chi connectivity index (χ2v) is 7.48. The van der Waals surface area contributed by atoms with Crippen LogP contribution in [0.5, 0.6) is 0 Å². The average molecular weight is 352 g/mol. The molecule has 3 rings (SSSR count). The summed E-state index contributed by atoms with van der Waals surface area (Å²) in [4.78, 5) is 34.6. The van der Waals surface area contributed by atoms with Gasteiger partial charge in [-0.05, 0) is 25.3 Å². The summed E-state index contributed by atoms with van der Waals surface area (Å²) in [5.74, 6) is -0.343. The molecule has 0 spiro atoms. The van der Waals surface area contributed by atoms with E-state index < -0.39 is 5.97 Å². The normalized spacial score (nSPS) is 18.3. The van der Waals surface area contributed by atoms with E-state index in [0.29, 0.717) is 28.8 Å². The van der Waals surface area contributed by atoms with Crippen LogP contribution in [0, 0.1) is 12.3 Å². The molecule has 0 saturated carbocycles. The van der Waals surface area contributed by atoms with Crippen LogP contribution in [0.4, 0.5) is 0 Å². The molecule has 0 aliphatic heterocycles. The predicted octanol–water partition coefficient (Wildman–Crippen LogP) is 4.34. The van der Waals surface area contributed by atoms with Crippen molar-refractivity contribution in [2.24, 2.45) is 5.41 Å². The van der Waals surface area contributed by atoms with Crippen molar-refractivity contribution in [2.75, 3.05) is 6.61 Å². The number of carbonyl (C=O) groups excluding carboxylic acids is 2. The first-order valence-corrected chi connectivity index (χ1v) is 8.93. The third-order valence-corrected chi connectivity index (χ3v) is 5.31. The molecular formula is C21H24N2O3. The summed E-state index contributed by atoms with van der Waals surface area (Å²) in [6.07, 6.45) is 3.76. The van der Waals surface area contributed by atoms with Crippen LogP contribution < -0.4 is 0 Å². The van der Waals surface area contributed by atoms with Crippen LogP contribution in [0.1, 0.15) is 72.1 Å². The molecule has 0 fully saturated rings. The SMILES string of the molecule is CCOC(=O)c1c(C)nc2c(c1-c1cccnc1)C(=O)CC(C)(C)[C@H]2C. The van der Waals surface area contributed by atoms with Gasteiger partial charge in [0.1, 0.15) is 0 Å². The molecule has 5 nitrogen and oxygen atoms in total. The molecule has 26 heavy (non-hydrogen) atoms. The number of ketones is 1. The summed E-state index contributed by atoms with van der Waals surface area (Å²) in [7, 11) is 0. The third-order valence-electron chi connectivity index (χ3n) is 5.31. The molecule has 1 aliphatic rings. The lowest BCUT2D eigenvalue weighted by molar-refractivity contribution is 0.0525. The van der Waals surface area contributed by atoms with E-state index in [4.69, 9.17) is 4.74 Å². The molecule has 0 radical (unpaired) electrons. The van der Waals surface area contributed by atoms with Crippen LogP contribution in [-0.4, -0.2) is 28.3 Å². The van der Waals surface area contributed by atoms with Crippen LogP contribution in [-0.2, 0) is 4.74 Å². The number of hydrogen-bond donors (Lipinski definition) is 0. The number of carbonyl (C=O) groups is 2. The second kappa shape index (κ2) is 6.63. The summed E-state index contributed by atoms with van der Waals surface area (Å²) in [6, 6.07) is 3.66. The van der Waals surface area contributed by atoms with Crippen LogP contribution >= 0.6 is 0 Å².